The van der Waals surface area contributed by atoms with Crippen LogP contribution in [-0.2, 0) is 6.42 Å². The topological polar surface area (TPSA) is 29.3 Å². The molecule has 0 aliphatic carbocycles. The van der Waals surface area contributed by atoms with Crippen LogP contribution in [0.1, 0.15) is 36.1 Å². The summed E-state index contributed by atoms with van der Waals surface area (Å²) in [4.78, 5) is 2.04. The molecular weight excluding hydrogens is 312 g/mol. The summed E-state index contributed by atoms with van der Waals surface area (Å²) in [6.45, 7) is 12.4. The van der Waals surface area contributed by atoms with Crippen molar-refractivity contribution >= 4 is 29.7 Å². The Hall–Kier alpha value is -2.13. The molecule has 0 saturated heterocycles. The minimum atomic E-state index is 0.660. The van der Waals surface area contributed by atoms with Gasteiger partial charge in [-0.25, -0.2) is 0 Å². The van der Waals surface area contributed by atoms with E-state index in [9.17, 15) is 0 Å². The number of benzene rings is 2. The summed E-state index contributed by atoms with van der Waals surface area (Å²) in [5.41, 5.74) is 13.8. The fraction of sp³-hybridized carbons (Fsp3) is 0.238. The number of allylic oxidation sites excluding steroid dienone is 1. The summed E-state index contributed by atoms with van der Waals surface area (Å²) < 4.78 is 0. The van der Waals surface area contributed by atoms with Crippen molar-refractivity contribution in [3.8, 4) is 0 Å². The molecule has 2 aromatic carbocycles. The van der Waals surface area contributed by atoms with Crippen LogP contribution in [0.3, 0.4) is 0 Å². The fourth-order valence-corrected chi connectivity index (χ4v) is 2.97. The standard InChI is InChI=1S/C21H26N2S/c1-6-17-9-11-20(22)19(13-17)21(7-2)23(16(5)24)18-10-8-14(3)15(4)12-18/h7-13,24H,5-6,22H2,1-4H3/b21-7-. The van der Waals surface area contributed by atoms with E-state index in [0.29, 0.717) is 5.03 Å². The van der Waals surface area contributed by atoms with Gasteiger partial charge in [-0.05, 0) is 68.1 Å². The Balaban J connectivity index is 2.60. The molecular formula is C21H26N2S. The zero-order valence-electron chi connectivity index (χ0n) is 14.9. The van der Waals surface area contributed by atoms with Crippen LogP contribution in [0, 0.1) is 13.8 Å². The number of nitrogens with two attached hydrogens (primary N) is 1. The highest BCUT2D eigenvalue weighted by atomic mass is 32.1. The zero-order valence-corrected chi connectivity index (χ0v) is 15.8. The Morgan fingerprint density at radius 3 is 2.42 bits per heavy atom. The van der Waals surface area contributed by atoms with Gasteiger partial charge in [-0.3, -0.25) is 0 Å². The van der Waals surface area contributed by atoms with Gasteiger partial charge in [0.1, 0.15) is 0 Å². The van der Waals surface area contributed by atoms with Crippen LogP contribution in [-0.4, -0.2) is 0 Å². The molecule has 126 valence electrons. The molecule has 3 heteroatoms. The summed E-state index contributed by atoms with van der Waals surface area (Å²) in [7, 11) is 0. The van der Waals surface area contributed by atoms with Gasteiger partial charge in [0.2, 0.25) is 0 Å². The molecule has 0 unspecified atom stereocenters. The minimum Gasteiger partial charge on any atom is -0.398 e. The van der Waals surface area contributed by atoms with E-state index in [4.69, 9.17) is 5.73 Å². The number of thiol groups is 1. The van der Waals surface area contributed by atoms with Gasteiger partial charge in [-0.1, -0.05) is 31.7 Å². The lowest BCUT2D eigenvalue weighted by Gasteiger charge is -2.29. The van der Waals surface area contributed by atoms with Crippen LogP contribution in [0.4, 0.5) is 11.4 Å². The molecule has 0 aromatic heterocycles. The lowest BCUT2D eigenvalue weighted by atomic mass is 10.0. The normalized spacial score (nSPS) is 11.5. The molecule has 0 fully saturated rings. The first kappa shape index (κ1) is 18.2. The molecule has 0 radical (unpaired) electrons. The summed E-state index contributed by atoms with van der Waals surface area (Å²) in [6.07, 6.45) is 3.03. The number of nitrogens with zero attached hydrogens (tertiary/aromatic N) is 1. The number of aryl methyl sites for hydroxylation is 3. The van der Waals surface area contributed by atoms with Crippen LogP contribution in [0.5, 0.6) is 0 Å². The van der Waals surface area contributed by atoms with Gasteiger partial charge in [0.25, 0.3) is 0 Å². The molecule has 2 N–H and O–H groups in total. The average Bonchev–Trinajstić information content (AvgIpc) is 2.56. The van der Waals surface area contributed by atoms with Crippen molar-refractivity contribution < 1.29 is 0 Å². The molecule has 2 rings (SSSR count). The Morgan fingerprint density at radius 2 is 1.88 bits per heavy atom. The van der Waals surface area contributed by atoms with Gasteiger partial charge in [-0.15, -0.1) is 12.6 Å². The van der Waals surface area contributed by atoms with Crippen molar-refractivity contribution in [1.29, 1.82) is 0 Å². The molecule has 0 aliphatic heterocycles. The average molecular weight is 339 g/mol. The van der Waals surface area contributed by atoms with Crippen LogP contribution >= 0.6 is 12.6 Å². The zero-order chi connectivity index (χ0) is 17.9. The minimum absolute atomic E-state index is 0.660. The lowest BCUT2D eigenvalue weighted by Crippen LogP contribution is -2.19. The maximum Gasteiger partial charge on any atom is 0.0694 e. The van der Waals surface area contributed by atoms with E-state index < -0.39 is 0 Å². The van der Waals surface area contributed by atoms with Crippen molar-refractivity contribution in [2.75, 3.05) is 10.6 Å². The van der Waals surface area contributed by atoms with Crippen LogP contribution in [0.15, 0.2) is 54.1 Å². The van der Waals surface area contributed by atoms with Crippen LogP contribution in [0.2, 0.25) is 0 Å². The fourth-order valence-electron chi connectivity index (χ4n) is 2.74. The van der Waals surface area contributed by atoms with E-state index in [0.717, 1.165) is 29.1 Å². The third-order valence-corrected chi connectivity index (χ3v) is 4.52. The van der Waals surface area contributed by atoms with E-state index in [2.05, 4.69) is 76.4 Å². The molecule has 0 atom stereocenters. The van der Waals surface area contributed by atoms with E-state index in [1.807, 2.05) is 17.9 Å². The van der Waals surface area contributed by atoms with Crippen molar-refractivity contribution in [3.05, 3.63) is 76.3 Å². The highest BCUT2D eigenvalue weighted by Crippen LogP contribution is 2.35. The second kappa shape index (κ2) is 7.63. The smallest absolute Gasteiger partial charge is 0.0694 e. The Kier molecular flexibility index (Phi) is 5.79. The first-order chi connectivity index (χ1) is 11.4. The lowest BCUT2D eigenvalue weighted by molar-refractivity contribution is 1.13. The summed E-state index contributed by atoms with van der Waals surface area (Å²) in [5.74, 6) is 0. The first-order valence-electron chi connectivity index (χ1n) is 8.19. The van der Waals surface area contributed by atoms with Crippen molar-refractivity contribution in [3.63, 3.8) is 0 Å². The second-order valence-electron chi connectivity index (χ2n) is 5.97. The predicted molar refractivity (Wildman–Crippen MR) is 110 cm³/mol. The molecule has 2 aromatic rings. The first-order valence-corrected chi connectivity index (χ1v) is 8.64. The third kappa shape index (κ3) is 3.68. The molecule has 0 spiro atoms. The quantitative estimate of drug-likeness (QED) is 0.539. The SMILES string of the molecule is C=C(S)N(/C(=C\C)c1cc(CC)ccc1N)c1ccc(C)c(C)c1. The van der Waals surface area contributed by atoms with Gasteiger partial charge in [0.15, 0.2) is 0 Å². The molecule has 0 bridgehead atoms. The van der Waals surface area contributed by atoms with E-state index in [-0.39, 0.29) is 0 Å². The molecule has 0 amide bonds. The van der Waals surface area contributed by atoms with Gasteiger partial charge in [0, 0.05) is 16.9 Å². The maximum absolute atomic E-state index is 6.27. The van der Waals surface area contributed by atoms with Gasteiger partial charge in [0.05, 0.1) is 10.7 Å². The highest BCUT2D eigenvalue weighted by molar-refractivity contribution is 7.84. The Labute approximate surface area is 151 Å². The second-order valence-corrected chi connectivity index (χ2v) is 6.49. The predicted octanol–water partition coefficient (Wildman–Crippen LogP) is 5.72. The molecule has 0 aliphatic rings. The number of nitrogen functional groups attached to an aromatic ring is 1. The maximum atomic E-state index is 6.27. The van der Waals surface area contributed by atoms with E-state index >= 15 is 0 Å². The summed E-state index contributed by atoms with van der Waals surface area (Å²) in [5, 5.41) is 0.660. The highest BCUT2D eigenvalue weighted by Gasteiger charge is 2.17. The number of hydrogen-bond acceptors (Lipinski definition) is 3. The summed E-state index contributed by atoms with van der Waals surface area (Å²) >= 11 is 4.54. The van der Waals surface area contributed by atoms with Crippen molar-refractivity contribution in [1.82, 2.24) is 0 Å². The molecule has 0 saturated carbocycles. The van der Waals surface area contributed by atoms with E-state index in [1.165, 1.54) is 16.7 Å². The van der Waals surface area contributed by atoms with Crippen molar-refractivity contribution in [2.45, 2.75) is 34.1 Å². The van der Waals surface area contributed by atoms with Gasteiger partial charge in [-0.2, -0.15) is 0 Å². The molecule has 24 heavy (non-hydrogen) atoms. The van der Waals surface area contributed by atoms with Gasteiger partial charge < -0.3 is 10.6 Å². The van der Waals surface area contributed by atoms with Crippen LogP contribution in [0.25, 0.3) is 5.70 Å². The largest absolute Gasteiger partial charge is 0.398 e. The van der Waals surface area contributed by atoms with Crippen LogP contribution < -0.4 is 10.6 Å². The third-order valence-electron chi connectivity index (χ3n) is 4.32. The Morgan fingerprint density at radius 1 is 1.17 bits per heavy atom. The molecule has 0 heterocycles. The van der Waals surface area contributed by atoms with Crippen molar-refractivity contribution in [2.24, 2.45) is 0 Å². The van der Waals surface area contributed by atoms with E-state index in [1.54, 1.807) is 0 Å². The van der Waals surface area contributed by atoms with Gasteiger partial charge >= 0.3 is 0 Å². The Bertz CT molecular complexity index is 790. The number of rotatable bonds is 5. The monoisotopic (exact) mass is 338 g/mol. The molecule has 2 nitrogen and oxygen atoms in total. The number of hydrogen-bond donors (Lipinski definition) is 2. The summed E-state index contributed by atoms with van der Waals surface area (Å²) in [6, 6.07) is 12.6. The number of anilines is 2.